The minimum Gasteiger partial charge on any atom is -0.348 e. The second-order valence-electron chi connectivity index (χ2n) is 6.71. The van der Waals surface area contributed by atoms with Crippen LogP contribution in [0.3, 0.4) is 0 Å². The molecule has 0 bridgehead atoms. The van der Waals surface area contributed by atoms with Gasteiger partial charge in [-0.05, 0) is 38.8 Å². The highest BCUT2D eigenvalue weighted by Crippen LogP contribution is 2.19. The number of carbonyl (C=O) groups is 1. The summed E-state index contributed by atoms with van der Waals surface area (Å²) in [5.41, 5.74) is 1.00. The molecule has 1 amide bonds. The normalized spacial score (nSPS) is 17.3. The highest BCUT2D eigenvalue weighted by molar-refractivity contribution is 7.89. The SMILES string of the molecule is CCN(CC)S(=O)(=O)c1ccc([C@H](C)[NH2+][C@H](C)C(=O)NC2CC2)cc1. The van der Waals surface area contributed by atoms with E-state index in [4.69, 9.17) is 0 Å². The van der Waals surface area contributed by atoms with Gasteiger partial charge >= 0.3 is 0 Å². The van der Waals surface area contributed by atoms with Crippen LogP contribution < -0.4 is 10.6 Å². The first-order valence-electron chi connectivity index (χ1n) is 9.05. The van der Waals surface area contributed by atoms with E-state index in [-0.39, 0.29) is 18.0 Å². The third kappa shape index (κ3) is 5.03. The molecule has 0 aromatic heterocycles. The largest absolute Gasteiger partial charge is 0.348 e. The predicted molar refractivity (Wildman–Crippen MR) is 97.5 cm³/mol. The molecular weight excluding hydrogens is 338 g/mol. The Kier molecular flexibility index (Phi) is 6.59. The van der Waals surface area contributed by atoms with Gasteiger partial charge in [0.1, 0.15) is 6.04 Å². The van der Waals surface area contributed by atoms with E-state index in [1.54, 1.807) is 12.1 Å². The Hall–Kier alpha value is -1.44. The van der Waals surface area contributed by atoms with Gasteiger partial charge in [0, 0.05) is 24.7 Å². The molecule has 1 aliphatic carbocycles. The number of nitrogens with zero attached hydrogens (tertiary/aromatic N) is 1. The van der Waals surface area contributed by atoms with Crippen molar-refractivity contribution in [3.05, 3.63) is 29.8 Å². The summed E-state index contributed by atoms with van der Waals surface area (Å²) in [6.45, 7) is 8.50. The summed E-state index contributed by atoms with van der Waals surface area (Å²) < 4.78 is 26.5. The van der Waals surface area contributed by atoms with E-state index in [2.05, 4.69) is 5.32 Å². The number of carbonyl (C=O) groups excluding carboxylic acids is 1. The van der Waals surface area contributed by atoms with Gasteiger partial charge in [-0.15, -0.1) is 0 Å². The maximum Gasteiger partial charge on any atom is 0.278 e. The molecule has 0 saturated heterocycles. The highest BCUT2D eigenvalue weighted by Gasteiger charge is 2.28. The molecule has 25 heavy (non-hydrogen) atoms. The van der Waals surface area contributed by atoms with Gasteiger partial charge in [-0.25, -0.2) is 8.42 Å². The molecule has 1 aromatic carbocycles. The molecule has 0 aliphatic heterocycles. The van der Waals surface area contributed by atoms with Gasteiger partial charge in [0.15, 0.2) is 6.04 Å². The molecule has 1 aromatic rings. The molecule has 1 aliphatic rings. The van der Waals surface area contributed by atoms with E-state index < -0.39 is 10.0 Å². The van der Waals surface area contributed by atoms with Crippen LogP contribution in [0, 0.1) is 0 Å². The highest BCUT2D eigenvalue weighted by atomic mass is 32.2. The third-order valence-corrected chi connectivity index (χ3v) is 6.73. The number of benzene rings is 1. The Balaban J connectivity index is 2.02. The summed E-state index contributed by atoms with van der Waals surface area (Å²) in [6.07, 6.45) is 2.16. The van der Waals surface area contributed by atoms with Gasteiger partial charge in [0.05, 0.1) is 4.90 Å². The predicted octanol–water partition coefficient (Wildman–Crippen LogP) is 1.01. The van der Waals surface area contributed by atoms with Crippen molar-refractivity contribution in [1.82, 2.24) is 9.62 Å². The lowest BCUT2D eigenvalue weighted by atomic mass is 10.1. The quantitative estimate of drug-likeness (QED) is 0.682. The first-order chi connectivity index (χ1) is 11.8. The van der Waals surface area contributed by atoms with Crippen molar-refractivity contribution in [3.63, 3.8) is 0 Å². The van der Waals surface area contributed by atoms with Gasteiger partial charge in [0.25, 0.3) is 5.91 Å². The van der Waals surface area contributed by atoms with Crippen molar-refractivity contribution < 1.29 is 18.5 Å². The summed E-state index contributed by atoms with van der Waals surface area (Å²) in [6, 6.07) is 7.25. The zero-order valence-electron chi connectivity index (χ0n) is 15.5. The van der Waals surface area contributed by atoms with E-state index >= 15 is 0 Å². The molecule has 1 fully saturated rings. The number of hydrogen-bond donors (Lipinski definition) is 2. The Labute approximate surface area is 151 Å². The second-order valence-corrected chi connectivity index (χ2v) is 8.65. The first kappa shape index (κ1) is 19.9. The second kappa shape index (κ2) is 8.29. The number of sulfonamides is 1. The fourth-order valence-electron chi connectivity index (χ4n) is 2.85. The van der Waals surface area contributed by atoms with Gasteiger partial charge in [-0.1, -0.05) is 26.0 Å². The zero-order chi connectivity index (χ0) is 18.6. The summed E-state index contributed by atoms with van der Waals surface area (Å²) in [4.78, 5) is 12.4. The van der Waals surface area contributed by atoms with E-state index in [1.165, 1.54) is 4.31 Å². The Morgan fingerprint density at radius 2 is 1.76 bits per heavy atom. The van der Waals surface area contributed by atoms with Gasteiger partial charge < -0.3 is 10.6 Å². The Morgan fingerprint density at radius 3 is 2.24 bits per heavy atom. The Bertz CT molecular complexity index is 680. The van der Waals surface area contributed by atoms with Gasteiger partial charge in [-0.2, -0.15) is 4.31 Å². The van der Waals surface area contributed by atoms with E-state index in [1.807, 2.05) is 45.1 Å². The molecular formula is C18H30N3O3S+. The lowest BCUT2D eigenvalue weighted by Gasteiger charge is -2.19. The molecule has 2 atom stereocenters. The van der Waals surface area contributed by atoms with Crippen LogP contribution in [0.4, 0.5) is 0 Å². The van der Waals surface area contributed by atoms with Gasteiger partial charge in [-0.3, -0.25) is 4.79 Å². The van der Waals surface area contributed by atoms with E-state index in [0.717, 1.165) is 18.4 Å². The van der Waals surface area contributed by atoms with Crippen LogP contribution in [-0.4, -0.2) is 43.8 Å². The molecule has 7 heteroatoms. The minimum atomic E-state index is -3.43. The van der Waals surface area contributed by atoms with Crippen LogP contribution in [0.5, 0.6) is 0 Å². The van der Waals surface area contributed by atoms with Crippen LogP contribution in [0.25, 0.3) is 0 Å². The van der Waals surface area contributed by atoms with Gasteiger partial charge in [0.2, 0.25) is 10.0 Å². The monoisotopic (exact) mass is 368 g/mol. The molecule has 0 unspecified atom stereocenters. The molecule has 0 heterocycles. The van der Waals surface area contributed by atoms with Crippen molar-refractivity contribution in [2.24, 2.45) is 0 Å². The number of rotatable bonds is 9. The Morgan fingerprint density at radius 1 is 1.20 bits per heavy atom. The summed E-state index contributed by atoms with van der Waals surface area (Å²) in [5.74, 6) is 0.0649. The standard InChI is InChI=1S/C18H29N3O3S/c1-5-21(6-2)25(23,24)17-11-7-15(8-12-17)13(3)19-14(4)18(22)20-16-9-10-16/h7-8,11-14,16,19H,5-6,9-10H2,1-4H3,(H,20,22)/p+1/t13-,14+/m0/s1. The molecule has 0 spiro atoms. The van der Waals surface area contributed by atoms with E-state index in [9.17, 15) is 13.2 Å². The van der Waals surface area contributed by atoms with E-state index in [0.29, 0.717) is 24.0 Å². The number of quaternary nitrogens is 1. The van der Waals surface area contributed by atoms with Crippen molar-refractivity contribution in [2.75, 3.05) is 13.1 Å². The molecule has 1 saturated carbocycles. The average molecular weight is 369 g/mol. The molecule has 0 radical (unpaired) electrons. The number of nitrogens with two attached hydrogens (primary N) is 1. The van der Waals surface area contributed by atoms with Crippen molar-refractivity contribution in [3.8, 4) is 0 Å². The average Bonchev–Trinajstić information content (AvgIpc) is 3.39. The minimum absolute atomic E-state index is 0.0649. The fourth-order valence-corrected chi connectivity index (χ4v) is 4.31. The fraction of sp³-hybridized carbons (Fsp3) is 0.611. The maximum atomic E-state index is 12.5. The van der Waals surface area contributed by atoms with Crippen LogP contribution in [0.15, 0.2) is 29.2 Å². The number of hydrogen-bond acceptors (Lipinski definition) is 3. The zero-order valence-corrected chi connectivity index (χ0v) is 16.3. The number of nitrogens with one attached hydrogen (secondary N) is 1. The maximum absolute atomic E-state index is 12.5. The lowest BCUT2D eigenvalue weighted by molar-refractivity contribution is -0.710. The third-order valence-electron chi connectivity index (χ3n) is 4.66. The lowest BCUT2D eigenvalue weighted by Crippen LogP contribution is -2.92. The smallest absolute Gasteiger partial charge is 0.278 e. The summed E-state index contributed by atoms with van der Waals surface area (Å²) >= 11 is 0. The molecule has 2 rings (SSSR count). The topological polar surface area (TPSA) is 83.1 Å². The number of amides is 1. The molecule has 6 nitrogen and oxygen atoms in total. The van der Waals surface area contributed by atoms with Crippen molar-refractivity contribution >= 4 is 15.9 Å². The van der Waals surface area contributed by atoms with Crippen molar-refractivity contribution in [1.29, 1.82) is 0 Å². The first-order valence-corrected chi connectivity index (χ1v) is 10.5. The van der Waals surface area contributed by atoms with Crippen LogP contribution in [0.1, 0.15) is 52.1 Å². The van der Waals surface area contributed by atoms with Crippen LogP contribution in [-0.2, 0) is 14.8 Å². The van der Waals surface area contributed by atoms with Crippen LogP contribution in [0.2, 0.25) is 0 Å². The summed E-state index contributed by atoms with van der Waals surface area (Å²) in [5, 5.41) is 5.02. The van der Waals surface area contributed by atoms with Crippen molar-refractivity contribution in [2.45, 2.75) is 63.6 Å². The molecule has 140 valence electrons. The summed E-state index contributed by atoms with van der Waals surface area (Å²) in [7, 11) is -3.43. The van der Waals surface area contributed by atoms with Crippen LogP contribution >= 0.6 is 0 Å². The molecule has 3 N–H and O–H groups in total.